The van der Waals surface area contributed by atoms with Gasteiger partial charge in [0.25, 0.3) is 0 Å². The van der Waals surface area contributed by atoms with Crippen molar-refractivity contribution < 1.29 is 18.0 Å². The van der Waals surface area contributed by atoms with Crippen LogP contribution in [0.3, 0.4) is 0 Å². The van der Waals surface area contributed by atoms with Gasteiger partial charge >= 0.3 is 6.18 Å². The van der Waals surface area contributed by atoms with Crippen LogP contribution in [0.1, 0.15) is 25.5 Å². The second-order valence-corrected chi connectivity index (χ2v) is 2.95. The van der Waals surface area contributed by atoms with Crippen LogP contribution in [0.4, 0.5) is 18.9 Å². The monoisotopic (exact) mass is 221 g/mol. The molecule has 7 heteroatoms. The maximum atomic E-state index is 12.3. The van der Waals surface area contributed by atoms with Crippen molar-refractivity contribution in [2.24, 2.45) is 0 Å². The molecular formula is C8H10F3N3O. The van der Waals surface area contributed by atoms with E-state index < -0.39 is 17.8 Å². The lowest BCUT2D eigenvalue weighted by atomic mass is 10.3. The van der Waals surface area contributed by atoms with E-state index in [0.29, 0.717) is 6.42 Å². The molecule has 0 atom stereocenters. The Hall–Kier alpha value is -1.53. The summed E-state index contributed by atoms with van der Waals surface area (Å²) in [7, 11) is 0. The van der Waals surface area contributed by atoms with E-state index in [0.717, 1.165) is 6.20 Å². The fourth-order valence-corrected chi connectivity index (χ4v) is 1.04. The molecule has 0 saturated carbocycles. The van der Waals surface area contributed by atoms with E-state index in [1.807, 2.05) is 0 Å². The van der Waals surface area contributed by atoms with Crippen LogP contribution in [-0.2, 0) is 11.0 Å². The van der Waals surface area contributed by atoms with Gasteiger partial charge in [0.2, 0.25) is 5.91 Å². The van der Waals surface area contributed by atoms with Crippen LogP contribution in [0.25, 0.3) is 0 Å². The Labute approximate surface area is 83.9 Å². The number of alkyl halides is 3. The number of hydrogen-bond donors (Lipinski definition) is 2. The van der Waals surface area contributed by atoms with E-state index in [1.54, 1.807) is 12.0 Å². The molecule has 15 heavy (non-hydrogen) atoms. The average molecular weight is 221 g/mol. The van der Waals surface area contributed by atoms with Crippen LogP contribution < -0.4 is 5.32 Å². The van der Waals surface area contributed by atoms with Crippen molar-refractivity contribution >= 4 is 11.6 Å². The highest BCUT2D eigenvalue weighted by Gasteiger charge is 2.36. The van der Waals surface area contributed by atoms with Crippen molar-refractivity contribution in [3.8, 4) is 0 Å². The number of nitrogens with one attached hydrogen (secondary N) is 2. The van der Waals surface area contributed by atoms with Gasteiger partial charge in [0, 0.05) is 6.42 Å². The first-order chi connectivity index (χ1) is 6.95. The quantitative estimate of drug-likeness (QED) is 0.821. The molecule has 1 aromatic heterocycles. The number of aromatic nitrogens is 2. The van der Waals surface area contributed by atoms with Gasteiger partial charge in [-0.25, -0.2) is 0 Å². The lowest BCUT2D eigenvalue weighted by Crippen LogP contribution is -2.15. The molecule has 1 heterocycles. The van der Waals surface area contributed by atoms with E-state index in [1.165, 1.54) is 0 Å². The molecular weight excluding hydrogens is 211 g/mol. The molecule has 0 bridgehead atoms. The number of H-pyrrole nitrogens is 1. The summed E-state index contributed by atoms with van der Waals surface area (Å²) in [5.41, 5.74) is -1.37. The topological polar surface area (TPSA) is 57.8 Å². The molecule has 0 aliphatic heterocycles. The number of amides is 1. The average Bonchev–Trinajstić information content (AvgIpc) is 2.51. The van der Waals surface area contributed by atoms with Crippen LogP contribution in [0.2, 0.25) is 0 Å². The van der Waals surface area contributed by atoms with Gasteiger partial charge in [0.1, 0.15) is 0 Å². The molecule has 0 aliphatic rings. The van der Waals surface area contributed by atoms with Gasteiger partial charge in [-0.1, -0.05) is 6.92 Å². The summed E-state index contributed by atoms with van der Waals surface area (Å²) < 4.78 is 36.9. The minimum absolute atomic E-state index is 0.183. The molecule has 0 spiro atoms. The van der Waals surface area contributed by atoms with Crippen molar-refractivity contribution in [3.63, 3.8) is 0 Å². The molecule has 0 radical (unpaired) electrons. The number of nitrogens with zero attached hydrogens (tertiary/aromatic N) is 1. The zero-order valence-electron chi connectivity index (χ0n) is 7.98. The summed E-state index contributed by atoms with van der Waals surface area (Å²) in [6, 6.07) is 0. The van der Waals surface area contributed by atoms with Crippen molar-refractivity contribution in [1.82, 2.24) is 10.2 Å². The van der Waals surface area contributed by atoms with Crippen molar-refractivity contribution in [1.29, 1.82) is 0 Å². The molecule has 1 rings (SSSR count). The fourth-order valence-electron chi connectivity index (χ4n) is 1.04. The number of hydrogen-bond acceptors (Lipinski definition) is 2. The highest BCUT2D eigenvalue weighted by Crippen LogP contribution is 2.32. The number of rotatable bonds is 3. The van der Waals surface area contributed by atoms with E-state index in [4.69, 9.17) is 0 Å². The number of carbonyl (C=O) groups excluding carboxylic acids is 1. The zero-order valence-corrected chi connectivity index (χ0v) is 7.98. The predicted octanol–water partition coefficient (Wildman–Crippen LogP) is 2.17. The summed E-state index contributed by atoms with van der Waals surface area (Å²) >= 11 is 0. The first-order valence-corrected chi connectivity index (χ1v) is 4.35. The van der Waals surface area contributed by atoms with Crippen molar-refractivity contribution in [3.05, 3.63) is 11.9 Å². The molecule has 0 aliphatic carbocycles. The van der Waals surface area contributed by atoms with Crippen molar-refractivity contribution in [2.75, 3.05) is 5.32 Å². The van der Waals surface area contributed by atoms with Crippen molar-refractivity contribution in [2.45, 2.75) is 25.9 Å². The Bertz CT molecular complexity index is 345. The van der Waals surface area contributed by atoms with E-state index in [-0.39, 0.29) is 12.1 Å². The largest absolute Gasteiger partial charge is 0.434 e. The highest BCUT2D eigenvalue weighted by molar-refractivity contribution is 5.91. The Kier molecular flexibility index (Phi) is 3.33. The van der Waals surface area contributed by atoms with Crippen LogP contribution in [0, 0.1) is 0 Å². The van der Waals surface area contributed by atoms with Crippen LogP contribution >= 0.6 is 0 Å². The summed E-state index contributed by atoms with van der Waals surface area (Å²) in [5.74, 6) is -0.454. The van der Waals surface area contributed by atoms with Gasteiger partial charge in [-0.15, -0.1) is 0 Å². The molecule has 1 aromatic rings. The van der Waals surface area contributed by atoms with E-state index in [9.17, 15) is 18.0 Å². The Morgan fingerprint density at radius 2 is 2.27 bits per heavy atom. The third-order valence-corrected chi connectivity index (χ3v) is 1.67. The Balaban J connectivity index is 2.78. The summed E-state index contributed by atoms with van der Waals surface area (Å²) in [6.45, 7) is 1.76. The lowest BCUT2D eigenvalue weighted by Gasteiger charge is -2.07. The molecule has 4 nitrogen and oxygen atoms in total. The third-order valence-electron chi connectivity index (χ3n) is 1.67. The Morgan fingerprint density at radius 1 is 1.60 bits per heavy atom. The fraction of sp³-hybridized carbons (Fsp3) is 0.500. The molecule has 0 aromatic carbocycles. The molecule has 2 N–H and O–H groups in total. The summed E-state index contributed by atoms with van der Waals surface area (Å²) in [4.78, 5) is 11.1. The lowest BCUT2D eigenvalue weighted by molar-refractivity contribution is -0.140. The smallest absolute Gasteiger partial charge is 0.323 e. The third kappa shape index (κ3) is 2.97. The highest BCUT2D eigenvalue weighted by atomic mass is 19.4. The van der Waals surface area contributed by atoms with Gasteiger partial charge in [-0.2, -0.15) is 18.3 Å². The van der Waals surface area contributed by atoms with Crippen LogP contribution in [-0.4, -0.2) is 16.1 Å². The molecule has 0 fully saturated rings. The summed E-state index contributed by atoms with van der Waals surface area (Å²) in [5, 5.41) is 7.19. The second-order valence-electron chi connectivity index (χ2n) is 2.95. The van der Waals surface area contributed by atoms with Crippen LogP contribution in [0.5, 0.6) is 0 Å². The first kappa shape index (κ1) is 11.5. The van der Waals surface area contributed by atoms with Gasteiger partial charge in [0.05, 0.1) is 11.9 Å². The van der Waals surface area contributed by atoms with Crippen LogP contribution in [0.15, 0.2) is 6.20 Å². The SMILES string of the molecule is CCCC(=O)Nc1cn[nH]c1C(F)(F)F. The minimum atomic E-state index is -4.54. The van der Waals surface area contributed by atoms with Gasteiger partial charge in [-0.05, 0) is 6.42 Å². The standard InChI is InChI=1S/C8H10F3N3O/c1-2-3-6(15)13-5-4-12-14-7(5)8(9,10)11/h4H,2-3H2,1H3,(H,12,14)(H,13,15). The van der Waals surface area contributed by atoms with E-state index in [2.05, 4.69) is 10.4 Å². The predicted molar refractivity (Wildman–Crippen MR) is 47.1 cm³/mol. The molecule has 1 amide bonds. The van der Waals surface area contributed by atoms with Gasteiger partial charge in [0.15, 0.2) is 5.69 Å². The minimum Gasteiger partial charge on any atom is -0.323 e. The molecule has 0 saturated heterocycles. The number of anilines is 1. The van der Waals surface area contributed by atoms with E-state index >= 15 is 0 Å². The normalized spacial score (nSPS) is 11.5. The number of carbonyl (C=O) groups is 1. The molecule has 0 unspecified atom stereocenters. The van der Waals surface area contributed by atoms with Gasteiger partial charge < -0.3 is 5.32 Å². The zero-order chi connectivity index (χ0) is 11.5. The Morgan fingerprint density at radius 3 is 2.80 bits per heavy atom. The maximum absolute atomic E-state index is 12.3. The second kappa shape index (κ2) is 4.33. The number of halogens is 3. The van der Waals surface area contributed by atoms with Gasteiger partial charge in [-0.3, -0.25) is 9.89 Å². The molecule has 84 valence electrons. The summed E-state index contributed by atoms with van der Waals surface area (Å²) in [6.07, 6.45) is -2.84. The maximum Gasteiger partial charge on any atom is 0.434 e. The first-order valence-electron chi connectivity index (χ1n) is 4.35. The number of aromatic amines is 1.